The molecule has 0 aromatic heterocycles. The van der Waals surface area contributed by atoms with E-state index in [1.54, 1.807) is 0 Å². The lowest BCUT2D eigenvalue weighted by molar-refractivity contribution is 0.525. The fourth-order valence-electron chi connectivity index (χ4n) is 1.76. The summed E-state index contributed by atoms with van der Waals surface area (Å²) >= 11 is 0. The molecule has 1 aliphatic carbocycles. The van der Waals surface area contributed by atoms with Gasteiger partial charge in [0.2, 0.25) is 0 Å². The molecule has 0 aromatic rings. The van der Waals surface area contributed by atoms with E-state index in [-0.39, 0.29) is 5.41 Å². The van der Waals surface area contributed by atoms with Gasteiger partial charge in [-0.3, -0.25) is 10.4 Å². The van der Waals surface area contributed by atoms with Gasteiger partial charge in [-0.25, -0.2) is 0 Å². The lowest BCUT2D eigenvalue weighted by atomic mass is 9.80. The van der Waals surface area contributed by atoms with Gasteiger partial charge in [0.05, 0.1) is 11.4 Å². The Kier molecular flexibility index (Phi) is 4.22. The van der Waals surface area contributed by atoms with Crippen LogP contribution >= 0.6 is 0 Å². The van der Waals surface area contributed by atoms with Crippen LogP contribution in [0.25, 0.3) is 0 Å². The van der Waals surface area contributed by atoms with Gasteiger partial charge in [-0.05, 0) is 30.4 Å². The van der Waals surface area contributed by atoms with Crippen LogP contribution in [-0.4, -0.2) is 11.4 Å². The highest BCUT2D eigenvalue weighted by atomic mass is 14.8. The van der Waals surface area contributed by atoms with Crippen LogP contribution in [0.2, 0.25) is 0 Å². The minimum absolute atomic E-state index is 0.00901. The van der Waals surface area contributed by atoms with Crippen LogP contribution < -0.4 is 0 Å². The number of hydrogen-bond acceptors (Lipinski definition) is 2. The lowest BCUT2D eigenvalue weighted by Gasteiger charge is -2.25. The Bertz CT molecular complexity index is 426. The van der Waals surface area contributed by atoms with Crippen molar-refractivity contribution in [2.75, 3.05) is 0 Å². The minimum Gasteiger partial charge on any atom is -0.298 e. The maximum Gasteiger partial charge on any atom is 0.0885 e. The summed E-state index contributed by atoms with van der Waals surface area (Å²) in [6, 6.07) is 0. The monoisotopic (exact) mass is 230 g/mol. The molecule has 0 aromatic carbocycles. The zero-order valence-corrected chi connectivity index (χ0v) is 11.5. The minimum atomic E-state index is -0.00901. The summed E-state index contributed by atoms with van der Waals surface area (Å²) < 4.78 is 0. The zero-order valence-electron chi connectivity index (χ0n) is 11.5. The highest BCUT2D eigenvalue weighted by Gasteiger charge is 2.24. The summed E-state index contributed by atoms with van der Waals surface area (Å²) in [6.45, 7) is 10.4. The standard InChI is InChI=1S/C15H22N2/c1-6-11(7-2)17-13-10-8-9-12(14(13)16)15(3,4)5/h6,8-10,16H,7H2,1-5H3/b11-6-,16-14?,17-13?. The van der Waals surface area contributed by atoms with E-state index in [2.05, 4.69) is 32.7 Å². The van der Waals surface area contributed by atoms with E-state index in [1.807, 2.05) is 31.2 Å². The van der Waals surface area contributed by atoms with Crippen molar-refractivity contribution in [3.63, 3.8) is 0 Å². The Morgan fingerprint density at radius 3 is 2.53 bits per heavy atom. The van der Waals surface area contributed by atoms with Crippen LogP contribution in [0.1, 0.15) is 41.0 Å². The van der Waals surface area contributed by atoms with Crippen LogP contribution in [0, 0.1) is 10.8 Å². The van der Waals surface area contributed by atoms with Gasteiger partial charge in [-0.1, -0.05) is 45.9 Å². The lowest BCUT2D eigenvalue weighted by Crippen LogP contribution is -2.25. The Morgan fingerprint density at radius 2 is 2.06 bits per heavy atom. The van der Waals surface area contributed by atoms with Gasteiger partial charge in [-0.2, -0.15) is 0 Å². The molecule has 17 heavy (non-hydrogen) atoms. The summed E-state index contributed by atoms with van der Waals surface area (Å²) in [6.07, 6.45) is 8.82. The third-order valence-electron chi connectivity index (χ3n) is 2.81. The maximum atomic E-state index is 8.22. The molecule has 2 heteroatoms. The first kappa shape index (κ1) is 13.6. The van der Waals surface area contributed by atoms with Crippen molar-refractivity contribution in [2.24, 2.45) is 10.4 Å². The van der Waals surface area contributed by atoms with Gasteiger partial charge in [0, 0.05) is 5.70 Å². The van der Waals surface area contributed by atoms with Gasteiger partial charge in [0.15, 0.2) is 0 Å². The summed E-state index contributed by atoms with van der Waals surface area (Å²) in [5.74, 6) is 0. The quantitative estimate of drug-likeness (QED) is 0.686. The highest BCUT2D eigenvalue weighted by molar-refractivity contribution is 6.52. The molecular weight excluding hydrogens is 208 g/mol. The molecule has 2 nitrogen and oxygen atoms in total. The summed E-state index contributed by atoms with van der Waals surface area (Å²) in [4.78, 5) is 4.54. The topological polar surface area (TPSA) is 36.2 Å². The molecule has 0 aliphatic heterocycles. The molecule has 0 amide bonds. The molecule has 0 heterocycles. The molecule has 0 spiro atoms. The number of nitrogens with zero attached hydrogens (tertiary/aromatic N) is 1. The molecule has 0 radical (unpaired) electrons. The number of aliphatic imine (C=N–C) groups is 1. The normalized spacial score (nSPS) is 19.8. The fraction of sp³-hybridized carbons (Fsp3) is 0.467. The van der Waals surface area contributed by atoms with Gasteiger partial charge >= 0.3 is 0 Å². The van der Waals surface area contributed by atoms with Crippen molar-refractivity contribution < 1.29 is 0 Å². The predicted octanol–water partition coefficient (Wildman–Crippen LogP) is 4.30. The van der Waals surface area contributed by atoms with Crippen LogP contribution in [0.3, 0.4) is 0 Å². The first-order valence-corrected chi connectivity index (χ1v) is 6.12. The van der Waals surface area contributed by atoms with Crippen molar-refractivity contribution in [3.8, 4) is 0 Å². The van der Waals surface area contributed by atoms with Crippen LogP contribution in [0.4, 0.5) is 0 Å². The Hall–Kier alpha value is -1.44. The average Bonchev–Trinajstić information content (AvgIpc) is 2.26. The maximum absolute atomic E-state index is 8.22. The van der Waals surface area contributed by atoms with E-state index in [4.69, 9.17) is 5.41 Å². The molecule has 0 bridgehead atoms. The molecule has 92 valence electrons. The molecule has 1 aliphatic rings. The summed E-state index contributed by atoms with van der Waals surface area (Å²) in [7, 11) is 0. The predicted molar refractivity (Wildman–Crippen MR) is 75.9 cm³/mol. The molecule has 0 saturated carbocycles. The van der Waals surface area contributed by atoms with Gasteiger partial charge < -0.3 is 0 Å². The van der Waals surface area contributed by atoms with E-state index >= 15 is 0 Å². The van der Waals surface area contributed by atoms with E-state index in [9.17, 15) is 0 Å². The van der Waals surface area contributed by atoms with Gasteiger partial charge in [0.25, 0.3) is 0 Å². The number of rotatable bonds is 2. The Morgan fingerprint density at radius 1 is 1.41 bits per heavy atom. The Labute approximate surface area is 104 Å². The largest absolute Gasteiger partial charge is 0.298 e. The van der Waals surface area contributed by atoms with E-state index in [0.29, 0.717) is 5.71 Å². The smallest absolute Gasteiger partial charge is 0.0885 e. The first-order valence-electron chi connectivity index (χ1n) is 6.12. The Balaban J connectivity index is 3.08. The van der Waals surface area contributed by atoms with E-state index < -0.39 is 0 Å². The van der Waals surface area contributed by atoms with Crippen LogP contribution in [-0.2, 0) is 0 Å². The van der Waals surface area contributed by atoms with Crippen molar-refractivity contribution in [2.45, 2.75) is 41.0 Å². The molecule has 0 unspecified atom stereocenters. The zero-order chi connectivity index (χ0) is 13.1. The second-order valence-corrected chi connectivity index (χ2v) is 5.20. The number of nitrogens with one attached hydrogen (secondary N) is 1. The molecule has 1 rings (SSSR count). The first-order chi connectivity index (χ1) is 7.90. The van der Waals surface area contributed by atoms with Crippen molar-refractivity contribution in [3.05, 3.63) is 35.6 Å². The third kappa shape index (κ3) is 3.26. The van der Waals surface area contributed by atoms with E-state index in [1.165, 1.54) is 0 Å². The van der Waals surface area contributed by atoms with E-state index in [0.717, 1.165) is 23.4 Å². The number of hydrogen-bond donors (Lipinski definition) is 1. The highest BCUT2D eigenvalue weighted by Crippen LogP contribution is 2.28. The van der Waals surface area contributed by atoms with Crippen molar-refractivity contribution in [1.82, 2.24) is 0 Å². The molecule has 1 N–H and O–H groups in total. The SMILES string of the molecule is C/C=C(/CC)N=C1C=CC=C(C(C)(C)C)C1=N. The summed E-state index contributed by atoms with van der Waals surface area (Å²) in [5.41, 5.74) is 3.39. The third-order valence-corrected chi connectivity index (χ3v) is 2.81. The van der Waals surface area contributed by atoms with Crippen molar-refractivity contribution in [1.29, 1.82) is 5.41 Å². The summed E-state index contributed by atoms with van der Waals surface area (Å²) in [5, 5.41) is 8.22. The van der Waals surface area contributed by atoms with Crippen LogP contribution in [0.5, 0.6) is 0 Å². The molecule has 0 fully saturated rings. The second kappa shape index (κ2) is 5.26. The number of allylic oxidation sites excluding steroid dienone is 6. The second-order valence-electron chi connectivity index (χ2n) is 5.20. The van der Waals surface area contributed by atoms with Gasteiger partial charge in [0.1, 0.15) is 0 Å². The van der Waals surface area contributed by atoms with Crippen LogP contribution in [0.15, 0.2) is 40.6 Å². The average molecular weight is 230 g/mol. The molecule has 0 saturated heterocycles. The molecule has 0 atom stereocenters. The molecular formula is C15H22N2. The fourth-order valence-corrected chi connectivity index (χ4v) is 1.76. The van der Waals surface area contributed by atoms with Crippen molar-refractivity contribution >= 4 is 11.4 Å². The van der Waals surface area contributed by atoms with Gasteiger partial charge in [-0.15, -0.1) is 0 Å².